The van der Waals surface area contributed by atoms with Crippen molar-refractivity contribution in [2.24, 2.45) is 0 Å². The Morgan fingerprint density at radius 3 is 2.64 bits per heavy atom. The van der Waals surface area contributed by atoms with Gasteiger partial charge >= 0.3 is 5.63 Å². The average Bonchev–Trinajstić information content (AvgIpc) is 2.17. The van der Waals surface area contributed by atoms with E-state index < -0.39 is 0 Å². The van der Waals surface area contributed by atoms with E-state index in [0.29, 0.717) is 5.39 Å². The second-order valence-electron chi connectivity index (χ2n) is 3.68. The molecule has 0 spiro atoms. The van der Waals surface area contributed by atoms with Gasteiger partial charge in [-0.05, 0) is 17.5 Å². The Labute approximate surface area is 82.2 Å². The Bertz CT molecular complexity index is 509. The first-order chi connectivity index (χ1) is 6.68. The Morgan fingerprint density at radius 2 is 1.93 bits per heavy atom. The van der Waals surface area contributed by atoms with Crippen LogP contribution in [-0.2, 0) is 0 Å². The van der Waals surface area contributed by atoms with Crippen LogP contribution in [-0.4, -0.2) is 0 Å². The number of fused-ring (bicyclic) bond motifs is 1. The second-order valence-corrected chi connectivity index (χ2v) is 3.68. The molecule has 0 aliphatic carbocycles. The molecule has 2 aromatic rings. The molecule has 0 bridgehead atoms. The zero-order valence-electron chi connectivity index (χ0n) is 8.28. The van der Waals surface area contributed by atoms with Gasteiger partial charge in [0.15, 0.2) is 0 Å². The summed E-state index contributed by atoms with van der Waals surface area (Å²) < 4.78 is 5.20. The Kier molecular flexibility index (Phi) is 2.12. The first kappa shape index (κ1) is 9.00. The average molecular weight is 188 g/mol. The van der Waals surface area contributed by atoms with Gasteiger partial charge in [-0.1, -0.05) is 32.0 Å². The smallest absolute Gasteiger partial charge is 0.343 e. The molecule has 1 heterocycles. The summed E-state index contributed by atoms with van der Waals surface area (Å²) in [6.45, 7) is 4.01. The van der Waals surface area contributed by atoms with Gasteiger partial charge in [0.05, 0.1) is 5.39 Å². The molecule has 0 amide bonds. The molecule has 14 heavy (non-hydrogen) atoms. The van der Waals surface area contributed by atoms with Gasteiger partial charge in [0, 0.05) is 5.92 Å². The lowest BCUT2D eigenvalue weighted by molar-refractivity contribution is 0.447. The standard InChI is InChI=1S/C12H12O2/c1-8(2)11-7-9-5-3-4-6-10(9)12(13)14-11/h3-8H,1-2H3. The van der Waals surface area contributed by atoms with E-state index in [1.165, 1.54) is 0 Å². The number of hydrogen-bond acceptors (Lipinski definition) is 2. The highest BCUT2D eigenvalue weighted by Gasteiger charge is 2.06. The molecule has 2 heteroatoms. The van der Waals surface area contributed by atoms with Crippen molar-refractivity contribution in [1.82, 2.24) is 0 Å². The van der Waals surface area contributed by atoms with Gasteiger partial charge in [0.2, 0.25) is 0 Å². The maximum atomic E-state index is 11.5. The minimum Gasteiger partial charge on any atom is -0.427 e. The topological polar surface area (TPSA) is 30.2 Å². The van der Waals surface area contributed by atoms with Crippen LogP contribution in [0.15, 0.2) is 39.5 Å². The van der Waals surface area contributed by atoms with Crippen LogP contribution in [0, 0.1) is 0 Å². The highest BCUT2D eigenvalue weighted by molar-refractivity contribution is 5.81. The Hall–Kier alpha value is -1.57. The molecule has 1 aromatic heterocycles. The summed E-state index contributed by atoms with van der Waals surface area (Å²) >= 11 is 0. The zero-order chi connectivity index (χ0) is 10.1. The molecule has 1 aromatic carbocycles. The lowest BCUT2D eigenvalue weighted by Crippen LogP contribution is -2.02. The molecule has 0 saturated heterocycles. The van der Waals surface area contributed by atoms with Crippen molar-refractivity contribution in [2.45, 2.75) is 19.8 Å². The minimum atomic E-state index is -0.244. The fraction of sp³-hybridized carbons (Fsp3) is 0.250. The van der Waals surface area contributed by atoms with E-state index in [1.54, 1.807) is 6.07 Å². The molecule has 0 N–H and O–H groups in total. The molecule has 2 rings (SSSR count). The highest BCUT2D eigenvalue weighted by Crippen LogP contribution is 2.17. The third-order valence-electron chi connectivity index (χ3n) is 2.26. The molecule has 72 valence electrons. The third-order valence-corrected chi connectivity index (χ3v) is 2.26. The molecular formula is C12H12O2. The molecule has 0 radical (unpaired) electrons. The van der Waals surface area contributed by atoms with E-state index >= 15 is 0 Å². The van der Waals surface area contributed by atoms with Crippen LogP contribution in [0.5, 0.6) is 0 Å². The molecule has 0 unspecified atom stereocenters. The van der Waals surface area contributed by atoms with E-state index in [9.17, 15) is 4.79 Å². The zero-order valence-corrected chi connectivity index (χ0v) is 8.28. The van der Waals surface area contributed by atoms with Crippen molar-refractivity contribution in [3.63, 3.8) is 0 Å². The van der Waals surface area contributed by atoms with Gasteiger partial charge in [-0.2, -0.15) is 0 Å². The monoisotopic (exact) mass is 188 g/mol. The molecule has 0 atom stereocenters. The summed E-state index contributed by atoms with van der Waals surface area (Å²) in [6, 6.07) is 9.41. The fourth-order valence-corrected chi connectivity index (χ4v) is 1.44. The van der Waals surface area contributed by atoms with Crippen LogP contribution in [0.2, 0.25) is 0 Å². The summed E-state index contributed by atoms with van der Waals surface area (Å²) in [5, 5.41) is 1.60. The summed E-state index contributed by atoms with van der Waals surface area (Å²) in [5.41, 5.74) is -0.244. The predicted molar refractivity (Wildman–Crippen MR) is 56.6 cm³/mol. The van der Waals surface area contributed by atoms with Gasteiger partial charge in [0.25, 0.3) is 0 Å². The van der Waals surface area contributed by atoms with E-state index in [0.717, 1.165) is 11.1 Å². The first-order valence-electron chi connectivity index (χ1n) is 4.71. The molecule has 0 aliphatic rings. The predicted octanol–water partition coefficient (Wildman–Crippen LogP) is 2.92. The second kappa shape index (κ2) is 3.29. The van der Waals surface area contributed by atoms with Crippen LogP contribution in [0.3, 0.4) is 0 Å². The number of hydrogen-bond donors (Lipinski definition) is 0. The SMILES string of the molecule is CC(C)c1cc2ccccc2c(=O)o1. The Balaban J connectivity index is 2.79. The van der Waals surface area contributed by atoms with Crippen molar-refractivity contribution in [2.75, 3.05) is 0 Å². The summed E-state index contributed by atoms with van der Waals surface area (Å²) in [4.78, 5) is 11.5. The van der Waals surface area contributed by atoms with Crippen LogP contribution in [0.1, 0.15) is 25.5 Å². The lowest BCUT2D eigenvalue weighted by Gasteiger charge is -2.04. The van der Waals surface area contributed by atoms with Crippen LogP contribution >= 0.6 is 0 Å². The number of rotatable bonds is 1. The minimum absolute atomic E-state index is 0.243. The van der Waals surface area contributed by atoms with E-state index in [-0.39, 0.29) is 11.5 Å². The summed E-state index contributed by atoms with van der Waals surface area (Å²) in [5.74, 6) is 0.987. The maximum absolute atomic E-state index is 11.5. The van der Waals surface area contributed by atoms with Gasteiger partial charge < -0.3 is 4.42 Å². The molecule has 2 nitrogen and oxygen atoms in total. The number of benzene rings is 1. The van der Waals surface area contributed by atoms with Gasteiger partial charge in [-0.15, -0.1) is 0 Å². The molecule has 0 fully saturated rings. The maximum Gasteiger partial charge on any atom is 0.343 e. The normalized spacial score (nSPS) is 11.1. The molecule has 0 aliphatic heterocycles. The van der Waals surface area contributed by atoms with Gasteiger partial charge in [-0.25, -0.2) is 4.79 Å². The van der Waals surface area contributed by atoms with Crippen LogP contribution in [0.25, 0.3) is 10.8 Å². The summed E-state index contributed by atoms with van der Waals surface area (Å²) in [7, 11) is 0. The fourth-order valence-electron chi connectivity index (χ4n) is 1.44. The first-order valence-corrected chi connectivity index (χ1v) is 4.71. The van der Waals surface area contributed by atoms with E-state index in [4.69, 9.17) is 4.42 Å². The van der Waals surface area contributed by atoms with E-state index in [2.05, 4.69) is 0 Å². The largest absolute Gasteiger partial charge is 0.427 e. The quantitative estimate of drug-likeness (QED) is 0.688. The van der Waals surface area contributed by atoms with Crippen molar-refractivity contribution < 1.29 is 4.42 Å². The van der Waals surface area contributed by atoms with Crippen LogP contribution in [0.4, 0.5) is 0 Å². The third kappa shape index (κ3) is 1.43. The highest BCUT2D eigenvalue weighted by atomic mass is 16.4. The Morgan fingerprint density at radius 1 is 1.21 bits per heavy atom. The lowest BCUT2D eigenvalue weighted by atomic mass is 10.1. The van der Waals surface area contributed by atoms with Gasteiger partial charge in [-0.3, -0.25) is 0 Å². The van der Waals surface area contributed by atoms with E-state index in [1.807, 2.05) is 38.1 Å². The van der Waals surface area contributed by atoms with Crippen LogP contribution < -0.4 is 5.63 Å². The van der Waals surface area contributed by atoms with Crippen molar-refractivity contribution in [1.29, 1.82) is 0 Å². The molecule has 0 saturated carbocycles. The summed E-state index contributed by atoms with van der Waals surface area (Å²) in [6.07, 6.45) is 0. The van der Waals surface area contributed by atoms with Crippen molar-refractivity contribution >= 4 is 10.8 Å². The van der Waals surface area contributed by atoms with Crippen molar-refractivity contribution in [3.8, 4) is 0 Å². The molecular weight excluding hydrogens is 176 g/mol. The van der Waals surface area contributed by atoms with Crippen molar-refractivity contribution in [3.05, 3.63) is 46.5 Å². The van der Waals surface area contributed by atoms with Gasteiger partial charge in [0.1, 0.15) is 5.76 Å².